The van der Waals surface area contributed by atoms with Gasteiger partial charge in [-0.3, -0.25) is 4.79 Å². The number of sulfonamides is 1. The number of carbonyl (C=O) groups excluding carboxylic acids is 1. The fraction of sp³-hybridized carbons (Fsp3) is 0.562. The molecular weight excluding hydrogens is 300 g/mol. The molecule has 0 bridgehead atoms. The summed E-state index contributed by atoms with van der Waals surface area (Å²) >= 11 is 0. The van der Waals surface area contributed by atoms with E-state index in [2.05, 4.69) is 5.32 Å². The van der Waals surface area contributed by atoms with Crippen molar-refractivity contribution in [2.24, 2.45) is 5.92 Å². The molecule has 2 rings (SSSR count). The lowest BCUT2D eigenvalue weighted by molar-refractivity contribution is -0.126. The highest BCUT2D eigenvalue weighted by molar-refractivity contribution is 7.89. The molecule has 5 nitrogen and oxygen atoms in total. The van der Waals surface area contributed by atoms with Crippen LogP contribution in [0.4, 0.5) is 0 Å². The van der Waals surface area contributed by atoms with Crippen molar-refractivity contribution >= 4 is 15.9 Å². The van der Waals surface area contributed by atoms with Crippen LogP contribution in [0.25, 0.3) is 0 Å². The number of hydrogen-bond acceptors (Lipinski definition) is 3. The monoisotopic (exact) mass is 324 g/mol. The van der Waals surface area contributed by atoms with E-state index in [9.17, 15) is 13.2 Å². The van der Waals surface area contributed by atoms with Crippen LogP contribution in [0.3, 0.4) is 0 Å². The van der Waals surface area contributed by atoms with Gasteiger partial charge in [-0.25, -0.2) is 12.7 Å². The summed E-state index contributed by atoms with van der Waals surface area (Å²) < 4.78 is 25.3. The van der Waals surface area contributed by atoms with E-state index in [-0.39, 0.29) is 17.6 Å². The smallest absolute Gasteiger partial charge is 0.224 e. The number of hydrogen-bond donors (Lipinski definition) is 1. The molecule has 0 unspecified atom stereocenters. The van der Waals surface area contributed by atoms with Gasteiger partial charge in [-0.15, -0.1) is 0 Å². The van der Waals surface area contributed by atoms with Crippen molar-refractivity contribution in [3.63, 3.8) is 0 Å². The van der Waals surface area contributed by atoms with Crippen LogP contribution in [0, 0.1) is 12.8 Å². The molecule has 6 heteroatoms. The van der Waals surface area contributed by atoms with E-state index >= 15 is 0 Å². The molecule has 1 amide bonds. The van der Waals surface area contributed by atoms with Gasteiger partial charge in [0.2, 0.25) is 15.9 Å². The minimum Gasteiger partial charge on any atom is -0.352 e. The highest BCUT2D eigenvalue weighted by Crippen LogP contribution is 2.19. The largest absolute Gasteiger partial charge is 0.352 e. The minimum absolute atomic E-state index is 0.0587. The molecule has 0 radical (unpaired) electrons. The number of nitrogens with one attached hydrogen (secondary N) is 1. The molecule has 0 aliphatic carbocycles. The molecule has 1 heterocycles. The van der Waals surface area contributed by atoms with Crippen molar-refractivity contribution in [3.8, 4) is 0 Å². The van der Waals surface area contributed by atoms with Crippen molar-refractivity contribution in [2.45, 2.75) is 33.2 Å². The zero-order valence-corrected chi connectivity index (χ0v) is 14.0. The van der Waals surface area contributed by atoms with E-state index < -0.39 is 10.0 Å². The topological polar surface area (TPSA) is 66.5 Å². The Kier molecular flexibility index (Phi) is 5.58. The fourth-order valence-corrected chi connectivity index (χ4v) is 3.81. The molecule has 1 saturated heterocycles. The van der Waals surface area contributed by atoms with Crippen LogP contribution in [0.5, 0.6) is 0 Å². The van der Waals surface area contributed by atoms with Crippen LogP contribution in [0.1, 0.15) is 30.9 Å². The van der Waals surface area contributed by atoms with Gasteiger partial charge in [0.15, 0.2) is 0 Å². The highest BCUT2D eigenvalue weighted by Gasteiger charge is 2.31. The summed E-state index contributed by atoms with van der Waals surface area (Å²) in [6.07, 6.45) is 1.48. The van der Waals surface area contributed by atoms with Gasteiger partial charge in [0.05, 0.1) is 11.7 Å². The quantitative estimate of drug-likeness (QED) is 0.896. The predicted molar refractivity (Wildman–Crippen MR) is 86.8 cm³/mol. The molecule has 1 aliphatic rings. The molecule has 0 aromatic heterocycles. The fourth-order valence-electron chi connectivity index (χ4n) is 2.63. The maximum absolute atomic E-state index is 12.3. The van der Waals surface area contributed by atoms with Gasteiger partial charge in [-0.05, 0) is 32.3 Å². The van der Waals surface area contributed by atoms with Gasteiger partial charge < -0.3 is 5.32 Å². The predicted octanol–water partition coefficient (Wildman–Crippen LogP) is 1.67. The molecule has 22 heavy (non-hydrogen) atoms. The third kappa shape index (κ3) is 4.30. The summed E-state index contributed by atoms with van der Waals surface area (Å²) in [6, 6.07) is 8.00. The summed E-state index contributed by atoms with van der Waals surface area (Å²) in [5, 5.41) is 2.92. The second kappa shape index (κ2) is 7.24. The Morgan fingerprint density at radius 1 is 1.32 bits per heavy atom. The van der Waals surface area contributed by atoms with E-state index in [1.165, 1.54) is 9.87 Å². The molecular formula is C16H24N2O3S. The number of nitrogens with zero attached hydrogens (tertiary/aromatic N) is 1. The molecule has 1 aromatic rings. The lowest BCUT2D eigenvalue weighted by Crippen LogP contribution is -2.45. The van der Waals surface area contributed by atoms with Crippen molar-refractivity contribution in [3.05, 3.63) is 35.4 Å². The molecule has 1 fully saturated rings. The van der Waals surface area contributed by atoms with Crippen LogP contribution >= 0.6 is 0 Å². The van der Waals surface area contributed by atoms with Gasteiger partial charge in [-0.2, -0.15) is 0 Å². The second-order valence-electron chi connectivity index (χ2n) is 5.80. The lowest BCUT2D eigenvalue weighted by atomic mass is 9.98. The molecule has 1 atom stereocenters. The number of piperidine rings is 1. The maximum atomic E-state index is 12.3. The normalized spacial score (nSPS) is 19.8. The Morgan fingerprint density at radius 3 is 2.64 bits per heavy atom. The zero-order valence-electron chi connectivity index (χ0n) is 13.2. The number of rotatable bonds is 5. The number of aryl methyl sites for hydroxylation is 1. The van der Waals surface area contributed by atoms with E-state index in [1.54, 1.807) is 6.92 Å². The average molecular weight is 324 g/mol. The molecule has 0 spiro atoms. The first kappa shape index (κ1) is 17.0. The van der Waals surface area contributed by atoms with Crippen LogP contribution in [-0.2, 0) is 21.4 Å². The summed E-state index contributed by atoms with van der Waals surface area (Å²) in [5.74, 6) is -0.220. The Balaban J connectivity index is 1.90. The molecule has 1 N–H and O–H groups in total. The third-order valence-electron chi connectivity index (χ3n) is 4.10. The summed E-state index contributed by atoms with van der Waals surface area (Å²) in [6.45, 7) is 4.97. The lowest BCUT2D eigenvalue weighted by Gasteiger charge is -2.30. The van der Waals surface area contributed by atoms with Gasteiger partial charge >= 0.3 is 0 Å². The van der Waals surface area contributed by atoms with Crippen LogP contribution in [0.15, 0.2) is 24.3 Å². The molecule has 1 aromatic carbocycles. The van der Waals surface area contributed by atoms with Crippen molar-refractivity contribution in [2.75, 3.05) is 18.8 Å². The summed E-state index contributed by atoms with van der Waals surface area (Å²) in [4.78, 5) is 12.3. The van der Waals surface area contributed by atoms with Crippen molar-refractivity contribution in [1.29, 1.82) is 0 Å². The SMILES string of the molecule is CCS(=O)(=O)N1CCC[C@@H](C(=O)NCc2ccc(C)cc2)C1. The first-order valence-corrected chi connectivity index (χ1v) is 9.34. The second-order valence-corrected chi connectivity index (χ2v) is 8.06. The zero-order chi connectivity index (χ0) is 16.2. The van der Waals surface area contributed by atoms with E-state index in [0.717, 1.165) is 18.4 Å². The highest BCUT2D eigenvalue weighted by atomic mass is 32.2. The van der Waals surface area contributed by atoms with Gasteiger partial charge in [0.25, 0.3) is 0 Å². The van der Waals surface area contributed by atoms with E-state index in [4.69, 9.17) is 0 Å². The average Bonchev–Trinajstić information content (AvgIpc) is 2.54. The number of amides is 1. The van der Waals surface area contributed by atoms with Gasteiger partial charge in [0, 0.05) is 19.6 Å². The standard InChI is InChI=1S/C16H24N2O3S/c1-3-22(20,21)18-10-4-5-15(12-18)16(19)17-11-14-8-6-13(2)7-9-14/h6-9,15H,3-5,10-12H2,1-2H3,(H,17,19)/t15-/m1/s1. The number of benzene rings is 1. The Bertz CT molecular complexity index is 611. The number of carbonyl (C=O) groups is 1. The van der Waals surface area contributed by atoms with Crippen LogP contribution < -0.4 is 5.32 Å². The summed E-state index contributed by atoms with van der Waals surface area (Å²) in [7, 11) is -3.21. The van der Waals surface area contributed by atoms with Crippen LogP contribution in [0.2, 0.25) is 0 Å². The van der Waals surface area contributed by atoms with Crippen LogP contribution in [-0.4, -0.2) is 37.5 Å². The molecule has 1 aliphatic heterocycles. The van der Waals surface area contributed by atoms with E-state index in [1.807, 2.05) is 31.2 Å². The molecule has 122 valence electrons. The maximum Gasteiger partial charge on any atom is 0.224 e. The van der Waals surface area contributed by atoms with Gasteiger partial charge in [-0.1, -0.05) is 29.8 Å². The first-order chi connectivity index (χ1) is 10.4. The Labute approximate surface area is 132 Å². The third-order valence-corrected chi connectivity index (χ3v) is 5.95. The Hall–Kier alpha value is -1.40. The first-order valence-electron chi connectivity index (χ1n) is 7.73. The van der Waals surface area contributed by atoms with Gasteiger partial charge in [0.1, 0.15) is 0 Å². The van der Waals surface area contributed by atoms with Crippen molar-refractivity contribution in [1.82, 2.24) is 9.62 Å². The van der Waals surface area contributed by atoms with Crippen molar-refractivity contribution < 1.29 is 13.2 Å². The Morgan fingerprint density at radius 2 is 2.00 bits per heavy atom. The minimum atomic E-state index is -3.21. The summed E-state index contributed by atoms with van der Waals surface area (Å²) in [5.41, 5.74) is 2.23. The molecule has 0 saturated carbocycles. The van der Waals surface area contributed by atoms with E-state index in [0.29, 0.717) is 19.6 Å².